The lowest BCUT2D eigenvalue weighted by Crippen LogP contribution is -1.92. The topological polar surface area (TPSA) is 62.3 Å². The van der Waals surface area contributed by atoms with E-state index >= 15 is 0 Å². The van der Waals surface area contributed by atoms with Crippen molar-refractivity contribution >= 4 is 23.3 Å². The van der Waals surface area contributed by atoms with Gasteiger partial charge in [0, 0.05) is 13.2 Å². The number of aromatic amines is 1. The van der Waals surface area contributed by atoms with E-state index in [1.54, 1.807) is 16.9 Å². The SMILES string of the molecule is Cn1cc(-n2c(=S)[nH]c3ccc(C#N)cc32)cn1. The van der Waals surface area contributed by atoms with Gasteiger partial charge in [0.1, 0.15) is 0 Å². The predicted molar refractivity (Wildman–Crippen MR) is 69.9 cm³/mol. The molecule has 2 heterocycles. The van der Waals surface area contributed by atoms with Gasteiger partial charge in [-0.05, 0) is 30.4 Å². The molecule has 1 N–H and O–H groups in total. The second kappa shape index (κ2) is 3.82. The van der Waals surface area contributed by atoms with Crippen LogP contribution < -0.4 is 0 Å². The van der Waals surface area contributed by atoms with E-state index in [0.717, 1.165) is 16.7 Å². The number of hydrogen-bond acceptors (Lipinski definition) is 3. The van der Waals surface area contributed by atoms with Crippen molar-refractivity contribution in [2.24, 2.45) is 7.05 Å². The Bertz CT molecular complexity index is 830. The Balaban J connectivity index is 2.38. The molecule has 0 radical (unpaired) electrons. The number of aromatic nitrogens is 4. The van der Waals surface area contributed by atoms with Gasteiger partial charge >= 0.3 is 0 Å². The van der Waals surface area contributed by atoms with Crippen molar-refractivity contribution in [2.75, 3.05) is 0 Å². The molecule has 0 spiro atoms. The molecule has 0 saturated heterocycles. The molecule has 5 nitrogen and oxygen atoms in total. The third-order valence-corrected chi connectivity index (χ3v) is 3.05. The first-order valence-corrected chi connectivity index (χ1v) is 5.74. The van der Waals surface area contributed by atoms with Crippen LogP contribution in [0.1, 0.15) is 5.56 Å². The summed E-state index contributed by atoms with van der Waals surface area (Å²) in [6, 6.07) is 7.57. The molecule has 0 aliphatic rings. The molecule has 0 atom stereocenters. The summed E-state index contributed by atoms with van der Waals surface area (Å²) in [5.41, 5.74) is 3.27. The van der Waals surface area contributed by atoms with Gasteiger partial charge in [0.05, 0.1) is 34.6 Å². The van der Waals surface area contributed by atoms with Crippen molar-refractivity contribution < 1.29 is 0 Å². The Morgan fingerprint density at radius 1 is 1.44 bits per heavy atom. The quantitative estimate of drug-likeness (QED) is 0.679. The highest BCUT2D eigenvalue weighted by molar-refractivity contribution is 7.71. The third kappa shape index (κ3) is 1.53. The summed E-state index contributed by atoms with van der Waals surface area (Å²) in [6.45, 7) is 0. The molecule has 6 heteroatoms. The largest absolute Gasteiger partial charge is 0.330 e. The van der Waals surface area contributed by atoms with Gasteiger partial charge in [-0.3, -0.25) is 9.25 Å². The number of aryl methyl sites for hydroxylation is 1. The molecule has 2 aromatic heterocycles. The summed E-state index contributed by atoms with van der Waals surface area (Å²) in [6.07, 6.45) is 3.62. The maximum Gasteiger partial charge on any atom is 0.182 e. The Morgan fingerprint density at radius 2 is 2.28 bits per heavy atom. The van der Waals surface area contributed by atoms with Crippen LogP contribution in [0.5, 0.6) is 0 Å². The van der Waals surface area contributed by atoms with Crippen LogP contribution in [0.2, 0.25) is 0 Å². The molecule has 0 saturated carbocycles. The van der Waals surface area contributed by atoms with Crippen molar-refractivity contribution in [1.82, 2.24) is 19.3 Å². The summed E-state index contributed by atoms with van der Waals surface area (Å²) in [4.78, 5) is 3.12. The highest BCUT2D eigenvalue weighted by Crippen LogP contribution is 2.20. The van der Waals surface area contributed by atoms with Crippen LogP contribution in [0.3, 0.4) is 0 Å². The minimum Gasteiger partial charge on any atom is -0.330 e. The average molecular weight is 255 g/mol. The number of nitrogens with zero attached hydrogens (tertiary/aromatic N) is 4. The lowest BCUT2D eigenvalue weighted by Gasteiger charge is -2.00. The van der Waals surface area contributed by atoms with Gasteiger partial charge in [0.25, 0.3) is 0 Å². The van der Waals surface area contributed by atoms with Gasteiger partial charge in [0.15, 0.2) is 4.77 Å². The number of hydrogen-bond donors (Lipinski definition) is 1. The minimum absolute atomic E-state index is 0.591. The van der Waals surface area contributed by atoms with Gasteiger partial charge in [-0.25, -0.2) is 0 Å². The standard InChI is InChI=1S/C12H9N5S/c1-16-7-9(6-14-16)17-11-4-8(5-13)2-3-10(11)15-12(17)18/h2-4,6-7H,1H3,(H,15,18). The second-order valence-corrected chi connectivity index (χ2v) is 4.37. The zero-order chi connectivity index (χ0) is 12.7. The van der Waals surface area contributed by atoms with Gasteiger partial charge < -0.3 is 4.98 Å². The molecular formula is C12H9N5S. The van der Waals surface area contributed by atoms with Crippen LogP contribution in [0, 0.1) is 16.1 Å². The molecule has 1 aromatic carbocycles. The Kier molecular flexibility index (Phi) is 2.28. The summed E-state index contributed by atoms with van der Waals surface area (Å²) in [5, 5.41) is 13.1. The maximum absolute atomic E-state index is 8.96. The van der Waals surface area contributed by atoms with Crippen molar-refractivity contribution in [3.8, 4) is 11.8 Å². The van der Waals surface area contributed by atoms with Crippen molar-refractivity contribution in [1.29, 1.82) is 5.26 Å². The van der Waals surface area contributed by atoms with E-state index in [2.05, 4.69) is 16.2 Å². The fourth-order valence-electron chi connectivity index (χ4n) is 1.95. The Hall–Kier alpha value is -2.39. The van der Waals surface area contributed by atoms with Crippen LogP contribution in [0.15, 0.2) is 30.6 Å². The van der Waals surface area contributed by atoms with E-state index in [-0.39, 0.29) is 0 Å². The smallest absolute Gasteiger partial charge is 0.182 e. The maximum atomic E-state index is 8.96. The van der Waals surface area contributed by atoms with E-state index in [1.807, 2.05) is 29.9 Å². The normalized spacial score (nSPS) is 10.7. The summed E-state index contributed by atoms with van der Waals surface area (Å²) in [7, 11) is 1.85. The molecule has 0 fully saturated rings. The van der Waals surface area contributed by atoms with E-state index in [4.69, 9.17) is 17.5 Å². The van der Waals surface area contributed by atoms with Crippen molar-refractivity contribution in [3.05, 3.63) is 40.9 Å². The van der Waals surface area contributed by atoms with Gasteiger partial charge in [-0.2, -0.15) is 10.4 Å². The van der Waals surface area contributed by atoms with Crippen molar-refractivity contribution in [3.63, 3.8) is 0 Å². The molecule has 18 heavy (non-hydrogen) atoms. The number of rotatable bonds is 1. The molecular weight excluding hydrogens is 246 g/mol. The highest BCUT2D eigenvalue weighted by atomic mass is 32.1. The first-order valence-electron chi connectivity index (χ1n) is 5.33. The van der Waals surface area contributed by atoms with Crippen LogP contribution in [-0.2, 0) is 7.05 Å². The first-order chi connectivity index (χ1) is 8.69. The van der Waals surface area contributed by atoms with Crippen LogP contribution in [-0.4, -0.2) is 19.3 Å². The van der Waals surface area contributed by atoms with Crippen LogP contribution in [0.4, 0.5) is 0 Å². The number of H-pyrrole nitrogens is 1. The summed E-state index contributed by atoms with van der Waals surface area (Å²) in [5.74, 6) is 0. The fourth-order valence-corrected chi connectivity index (χ4v) is 2.27. The number of fused-ring (bicyclic) bond motifs is 1. The molecule has 0 aliphatic carbocycles. The van der Waals surface area contributed by atoms with Crippen LogP contribution in [0.25, 0.3) is 16.7 Å². The van der Waals surface area contributed by atoms with E-state index in [1.165, 1.54) is 0 Å². The first kappa shape index (κ1) is 10.7. The monoisotopic (exact) mass is 255 g/mol. The van der Waals surface area contributed by atoms with Gasteiger partial charge in [-0.15, -0.1) is 0 Å². The number of nitrogens with one attached hydrogen (secondary N) is 1. The van der Waals surface area contributed by atoms with Gasteiger partial charge in [-0.1, -0.05) is 0 Å². The lowest BCUT2D eigenvalue weighted by molar-refractivity contribution is 0.767. The molecule has 0 unspecified atom stereocenters. The molecule has 0 aliphatic heterocycles. The van der Waals surface area contributed by atoms with Crippen molar-refractivity contribution in [2.45, 2.75) is 0 Å². The Morgan fingerprint density at radius 3 is 2.94 bits per heavy atom. The third-order valence-electron chi connectivity index (χ3n) is 2.76. The zero-order valence-corrected chi connectivity index (χ0v) is 10.4. The average Bonchev–Trinajstić information content (AvgIpc) is 2.90. The summed E-state index contributed by atoms with van der Waals surface area (Å²) >= 11 is 5.31. The van der Waals surface area contributed by atoms with E-state index < -0.39 is 0 Å². The molecule has 3 rings (SSSR count). The molecule has 0 amide bonds. The molecule has 3 aromatic rings. The number of benzene rings is 1. The van der Waals surface area contributed by atoms with E-state index in [0.29, 0.717) is 10.3 Å². The Labute approximate surface area is 108 Å². The lowest BCUT2D eigenvalue weighted by atomic mass is 10.2. The number of nitriles is 1. The second-order valence-electron chi connectivity index (χ2n) is 3.98. The minimum atomic E-state index is 0.591. The molecule has 88 valence electrons. The highest BCUT2D eigenvalue weighted by Gasteiger charge is 2.08. The zero-order valence-electron chi connectivity index (χ0n) is 9.58. The van der Waals surface area contributed by atoms with Crippen LogP contribution >= 0.6 is 12.2 Å². The predicted octanol–water partition coefficient (Wildman–Crippen LogP) is 2.29. The van der Waals surface area contributed by atoms with E-state index in [9.17, 15) is 0 Å². The summed E-state index contributed by atoms with van der Waals surface area (Å²) < 4.78 is 4.18. The molecule has 0 bridgehead atoms. The van der Waals surface area contributed by atoms with Gasteiger partial charge in [0.2, 0.25) is 0 Å². The fraction of sp³-hybridized carbons (Fsp3) is 0.0833. The number of imidazole rings is 1.